The van der Waals surface area contributed by atoms with E-state index in [4.69, 9.17) is 12.2 Å². The van der Waals surface area contributed by atoms with Gasteiger partial charge >= 0.3 is 0 Å². The minimum Gasteiger partial charge on any atom is -0.249 e. The van der Waals surface area contributed by atoms with E-state index in [-0.39, 0.29) is 0 Å². The molecule has 1 unspecified atom stereocenters. The van der Waals surface area contributed by atoms with E-state index >= 15 is 0 Å². The third-order valence-electron chi connectivity index (χ3n) is 1.69. The Morgan fingerprint density at radius 1 is 1.50 bits per heavy atom. The highest BCUT2D eigenvalue weighted by Crippen LogP contribution is 2.25. The molecule has 0 saturated carbocycles. The van der Waals surface area contributed by atoms with Crippen LogP contribution in [0.3, 0.4) is 0 Å². The second-order valence-electron chi connectivity index (χ2n) is 3.18. The number of aromatic nitrogens is 1. The maximum absolute atomic E-state index is 4.89. The van der Waals surface area contributed by atoms with Crippen LogP contribution in [0.4, 0.5) is 0 Å². The minimum atomic E-state index is 0.366. The molecule has 0 saturated heterocycles. The van der Waals surface area contributed by atoms with Crippen LogP contribution >= 0.6 is 23.6 Å². The van der Waals surface area contributed by atoms with Crippen molar-refractivity contribution in [3.05, 3.63) is 16.1 Å². The number of rotatable bonds is 3. The zero-order valence-corrected chi connectivity index (χ0v) is 9.21. The summed E-state index contributed by atoms with van der Waals surface area (Å²) in [5, 5.41) is 2.99. The molecule has 12 heavy (non-hydrogen) atoms. The van der Waals surface area contributed by atoms with Crippen molar-refractivity contribution in [3.63, 3.8) is 0 Å². The zero-order valence-electron chi connectivity index (χ0n) is 7.57. The average Bonchev–Trinajstić information content (AvgIpc) is 2.51. The molecular weight excluding hydrogens is 186 g/mol. The maximum Gasteiger partial charge on any atom is 0.0953 e. The van der Waals surface area contributed by atoms with Crippen LogP contribution in [0.1, 0.15) is 42.5 Å². The van der Waals surface area contributed by atoms with E-state index in [2.05, 4.69) is 25.8 Å². The van der Waals surface area contributed by atoms with Gasteiger partial charge in [-0.3, -0.25) is 0 Å². The number of thiazole rings is 1. The fourth-order valence-corrected chi connectivity index (χ4v) is 2.02. The van der Waals surface area contributed by atoms with E-state index in [1.165, 1.54) is 9.88 Å². The van der Waals surface area contributed by atoms with Crippen molar-refractivity contribution in [1.82, 2.24) is 4.98 Å². The van der Waals surface area contributed by atoms with E-state index in [0.29, 0.717) is 11.8 Å². The molecule has 1 heterocycles. The first kappa shape index (κ1) is 9.81. The molecule has 0 amide bonds. The summed E-state index contributed by atoms with van der Waals surface area (Å²) in [4.78, 5) is 5.61. The van der Waals surface area contributed by atoms with Crippen LogP contribution in [0.5, 0.6) is 0 Å². The van der Waals surface area contributed by atoms with Gasteiger partial charge in [-0.2, -0.15) is 0 Å². The fourth-order valence-electron chi connectivity index (χ4n) is 0.845. The van der Waals surface area contributed by atoms with Crippen molar-refractivity contribution in [2.45, 2.75) is 32.6 Å². The van der Waals surface area contributed by atoms with E-state index < -0.39 is 0 Å². The molecule has 0 aliphatic heterocycles. The van der Waals surface area contributed by atoms with Gasteiger partial charge < -0.3 is 0 Å². The summed E-state index contributed by atoms with van der Waals surface area (Å²) in [7, 11) is 0. The first-order valence-corrected chi connectivity index (χ1v) is 5.35. The van der Waals surface area contributed by atoms with Gasteiger partial charge in [-0.15, -0.1) is 11.3 Å². The quantitative estimate of drug-likeness (QED) is 0.692. The van der Waals surface area contributed by atoms with E-state index in [1.807, 2.05) is 6.20 Å². The highest BCUT2D eigenvalue weighted by Gasteiger charge is 2.08. The Kier molecular flexibility index (Phi) is 3.35. The highest BCUT2D eigenvalue weighted by molar-refractivity contribution is 7.79. The summed E-state index contributed by atoms with van der Waals surface area (Å²) in [6.45, 7) is 6.42. The standard InChI is InChI=1S/C9H13NS2/c1-6(2)9-10-4-8(12-9)7(3)5-11/h4-7H,1-3H3. The van der Waals surface area contributed by atoms with Crippen molar-refractivity contribution >= 4 is 28.9 Å². The molecule has 0 aromatic carbocycles. The summed E-state index contributed by atoms with van der Waals surface area (Å²) < 4.78 is 0. The Morgan fingerprint density at radius 2 is 2.17 bits per heavy atom. The predicted octanol–water partition coefficient (Wildman–Crippen LogP) is 3.37. The summed E-state index contributed by atoms with van der Waals surface area (Å²) in [6, 6.07) is 0. The van der Waals surface area contributed by atoms with Crippen molar-refractivity contribution < 1.29 is 0 Å². The molecule has 0 fully saturated rings. The fraction of sp³-hybridized carbons (Fsp3) is 0.556. The molecular formula is C9H13NS2. The Hall–Kier alpha value is -0.280. The van der Waals surface area contributed by atoms with Crippen molar-refractivity contribution in [3.8, 4) is 0 Å². The first-order valence-electron chi connectivity index (χ1n) is 4.06. The summed E-state index contributed by atoms with van der Waals surface area (Å²) in [5.41, 5.74) is 0. The van der Waals surface area contributed by atoms with Gasteiger partial charge in [0, 0.05) is 22.9 Å². The van der Waals surface area contributed by atoms with Crippen LogP contribution in [0.2, 0.25) is 0 Å². The van der Waals surface area contributed by atoms with Crippen LogP contribution in [0, 0.1) is 0 Å². The predicted molar refractivity (Wildman–Crippen MR) is 58.3 cm³/mol. The van der Waals surface area contributed by atoms with Crippen LogP contribution in [0.25, 0.3) is 0 Å². The molecule has 3 heteroatoms. The van der Waals surface area contributed by atoms with Gasteiger partial charge in [0.05, 0.1) is 5.01 Å². The van der Waals surface area contributed by atoms with Gasteiger partial charge in [0.1, 0.15) is 0 Å². The molecule has 1 aromatic heterocycles. The van der Waals surface area contributed by atoms with Crippen molar-refractivity contribution in [2.24, 2.45) is 0 Å². The Balaban J connectivity index is 2.83. The SMILES string of the molecule is CC(C)c1ncc(C(C)C=S)s1. The lowest BCUT2D eigenvalue weighted by Crippen LogP contribution is -1.86. The lowest BCUT2D eigenvalue weighted by molar-refractivity contribution is 0.852. The van der Waals surface area contributed by atoms with E-state index in [0.717, 1.165) is 0 Å². The second kappa shape index (κ2) is 4.10. The van der Waals surface area contributed by atoms with E-state index in [1.54, 1.807) is 16.7 Å². The molecule has 1 rings (SSSR count). The minimum absolute atomic E-state index is 0.366. The smallest absolute Gasteiger partial charge is 0.0953 e. The number of hydrogen-bond acceptors (Lipinski definition) is 3. The molecule has 0 bridgehead atoms. The highest BCUT2D eigenvalue weighted by atomic mass is 32.1. The Labute approximate surface area is 82.8 Å². The third kappa shape index (κ3) is 2.11. The maximum atomic E-state index is 4.89. The normalized spacial score (nSPS) is 13.3. The molecule has 0 aliphatic carbocycles. The van der Waals surface area contributed by atoms with Crippen LogP contribution in [0.15, 0.2) is 6.20 Å². The summed E-state index contributed by atoms with van der Waals surface area (Å²) >= 11 is 6.65. The molecule has 0 radical (unpaired) electrons. The molecule has 0 aliphatic rings. The number of nitrogens with zero attached hydrogens (tertiary/aromatic N) is 1. The lowest BCUT2D eigenvalue weighted by atomic mass is 10.2. The Bertz CT molecular complexity index is 265. The lowest BCUT2D eigenvalue weighted by Gasteiger charge is -1.98. The summed E-state index contributed by atoms with van der Waals surface area (Å²) in [5.74, 6) is 0.895. The summed E-state index contributed by atoms with van der Waals surface area (Å²) in [6.07, 6.45) is 1.94. The molecule has 0 N–H and O–H groups in total. The molecule has 1 nitrogen and oxygen atoms in total. The van der Waals surface area contributed by atoms with Crippen molar-refractivity contribution in [2.75, 3.05) is 0 Å². The largest absolute Gasteiger partial charge is 0.249 e. The topological polar surface area (TPSA) is 12.9 Å². The number of hydrogen-bond donors (Lipinski definition) is 0. The van der Waals surface area contributed by atoms with Crippen LogP contribution in [-0.4, -0.2) is 10.4 Å². The molecule has 66 valence electrons. The molecule has 0 spiro atoms. The van der Waals surface area contributed by atoms with Gasteiger partial charge in [0.25, 0.3) is 0 Å². The van der Waals surface area contributed by atoms with Gasteiger partial charge in [0.2, 0.25) is 0 Å². The molecule has 1 atom stereocenters. The van der Waals surface area contributed by atoms with Crippen LogP contribution < -0.4 is 0 Å². The van der Waals surface area contributed by atoms with Gasteiger partial charge in [0.15, 0.2) is 0 Å². The monoisotopic (exact) mass is 199 g/mol. The zero-order chi connectivity index (χ0) is 9.14. The third-order valence-corrected chi connectivity index (χ3v) is 3.60. The second-order valence-corrected chi connectivity index (χ2v) is 4.55. The van der Waals surface area contributed by atoms with Crippen molar-refractivity contribution in [1.29, 1.82) is 0 Å². The first-order chi connectivity index (χ1) is 5.65. The van der Waals surface area contributed by atoms with E-state index in [9.17, 15) is 0 Å². The van der Waals surface area contributed by atoms with Gasteiger partial charge in [-0.25, -0.2) is 4.98 Å². The average molecular weight is 199 g/mol. The van der Waals surface area contributed by atoms with Gasteiger partial charge in [-0.05, 0) is 5.37 Å². The number of thiocarbonyl (C=S) groups is 1. The Morgan fingerprint density at radius 3 is 2.58 bits per heavy atom. The molecule has 1 aromatic rings. The van der Waals surface area contributed by atoms with Crippen LogP contribution in [-0.2, 0) is 0 Å². The van der Waals surface area contributed by atoms with Gasteiger partial charge in [-0.1, -0.05) is 33.0 Å².